The van der Waals surface area contributed by atoms with Crippen molar-refractivity contribution in [2.45, 2.75) is 19.9 Å². The van der Waals surface area contributed by atoms with Crippen LogP contribution in [0.25, 0.3) is 5.76 Å². The van der Waals surface area contributed by atoms with E-state index in [1.165, 1.54) is 4.90 Å². The predicted molar refractivity (Wildman–Crippen MR) is 121 cm³/mol. The Labute approximate surface area is 191 Å². The second-order valence-corrected chi connectivity index (χ2v) is 8.08. The molecule has 0 radical (unpaired) electrons. The van der Waals surface area contributed by atoms with Gasteiger partial charge in [-0.05, 0) is 49.0 Å². The number of fused-ring (bicyclic) bond motifs is 1. The quantitative estimate of drug-likeness (QED) is 0.387. The van der Waals surface area contributed by atoms with Crippen molar-refractivity contribution in [3.05, 3.63) is 64.2 Å². The van der Waals surface area contributed by atoms with Gasteiger partial charge in [0.15, 0.2) is 11.5 Å². The summed E-state index contributed by atoms with van der Waals surface area (Å²) in [7, 11) is 0. The summed E-state index contributed by atoms with van der Waals surface area (Å²) in [4.78, 5) is 29.8. The van der Waals surface area contributed by atoms with Gasteiger partial charge >= 0.3 is 0 Å². The Morgan fingerprint density at radius 2 is 1.88 bits per heavy atom. The zero-order valence-corrected chi connectivity index (χ0v) is 18.8. The van der Waals surface area contributed by atoms with Crippen molar-refractivity contribution < 1.29 is 24.2 Å². The summed E-state index contributed by atoms with van der Waals surface area (Å²) in [5.41, 5.74) is 1.08. The van der Waals surface area contributed by atoms with Crippen molar-refractivity contribution in [3.8, 4) is 11.5 Å². The number of carbonyl (C=O) groups excluding carboxylic acids is 2. The van der Waals surface area contributed by atoms with Crippen molar-refractivity contribution in [1.29, 1.82) is 0 Å². The van der Waals surface area contributed by atoms with Crippen LogP contribution >= 0.6 is 11.6 Å². The molecule has 168 valence electrons. The lowest BCUT2D eigenvalue weighted by molar-refractivity contribution is -0.140. The number of aliphatic hydroxyl groups is 1. The molecule has 0 aliphatic carbocycles. The predicted octanol–water partition coefficient (Wildman–Crippen LogP) is 3.83. The van der Waals surface area contributed by atoms with Gasteiger partial charge in [-0.3, -0.25) is 9.59 Å². The van der Waals surface area contributed by atoms with Crippen molar-refractivity contribution in [2.24, 2.45) is 0 Å². The Balaban J connectivity index is 1.79. The van der Waals surface area contributed by atoms with Crippen LogP contribution < -0.4 is 9.47 Å². The summed E-state index contributed by atoms with van der Waals surface area (Å²) in [6, 6.07) is 11.2. The zero-order chi connectivity index (χ0) is 22.8. The van der Waals surface area contributed by atoms with Crippen molar-refractivity contribution in [1.82, 2.24) is 9.80 Å². The van der Waals surface area contributed by atoms with Crippen molar-refractivity contribution in [2.75, 3.05) is 33.0 Å². The molecule has 1 unspecified atom stereocenters. The summed E-state index contributed by atoms with van der Waals surface area (Å²) in [5.74, 6) is -0.567. The molecule has 2 aliphatic heterocycles. The van der Waals surface area contributed by atoms with Crippen LogP contribution in [0.15, 0.2) is 48.0 Å². The first kappa shape index (κ1) is 22.2. The molecule has 0 aromatic heterocycles. The van der Waals surface area contributed by atoms with Crippen LogP contribution in [0.1, 0.15) is 31.0 Å². The second-order valence-electron chi connectivity index (χ2n) is 7.64. The number of ether oxygens (including phenoxy) is 2. The molecule has 4 rings (SSSR count). The minimum Gasteiger partial charge on any atom is -0.507 e. The minimum absolute atomic E-state index is 0.0377. The number of amides is 1. The average molecular weight is 457 g/mol. The topological polar surface area (TPSA) is 79.3 Å². The molecule has 1 fully saturated rings. The van der Waals surface area contributed by atoms with E-state index in [0.29, 0.717) is 40.7 Å². The normalized spacial score (nSPS) is 19.2. The first-order valence-corrected chi connectivity index (χ1v) is 11.0. The van der Waals surface area contributed by atoms with Gasteiger partial charge in [0, 0.05) is 23.7 Å². The number of Topliss-reactive ketones (excluding diaryl/α,β-unsaturated/α-hetero) is 1. The monoisotopic (exact) mass is 456 g/mol. The van der Waals surface area contributed by atoms with Crippen molar-refractivity contribution >= 4 is 29.1 Å². The number of hydrogen-bond donors (Lipinski definition) is 1. The molecule has 0 spiro atoms. The maximum atomic E-state index is 13.1. The van der Waals surface area contributed by atoms with E-state index in [1.54, 1.807) is 42.5 Å². The Morgan fingerprint density at radius 3 is 2.59 bits per heavy atom. The molecule has 0 bridgehead atoms. The Kier molecular flexibility index (Phi) is 6.39. The molecule has 1 amide bonds. The van der Waals surface area contributed by atoms with Crippen LogP contribution in [0, 0.1) is 0 Å². The molecule has 1 atom stereocenters. The summed E-state index contributed by atoms with van der Waals surface area (Å²) in [6.07, 6.45) is 0. The summed E-state index contributed by atoms with van der Waals surface area (Å²) in [5, 5.41) is 11.7. The fraction of sp³-hybridized carbons (Fsp3) is 0.333. The Hall–Kier alpha value is -3.03. The molecule has 2 aliphatic rings. The highest BCUT2D eigenvalue weighted by molar-refractivity contribution is 6.46. The molecule has 1 saturated heterocycles. The van der Waals surface area contributed by atoms with E-state index < -0.39 is 17.7 Å². The molecule has 1 N–H and O–H groups in total. The van der Waals surface area contributed by atoms with Crippen LogP contribution in [-0.2, 0) is 9.59 Å². The zero-order valence-electron chi connectivity index (χ0n) is 18.0. The van der Waals surface area contributed by atoms with Gasteiger partial charge in [0.2, 0.25) is 6.79 Å². The molecule has 2 aromatic rings. The summed E-state index contributed by atoms with van der Waals surface area (Å²) >= 11 is 6.22. The Morgan fingerprint density at radius 1 is 1.12 bits per heavy atom. The molecular formula is C24H25ClN2O5. The van der Waals surface area contributed by atoms with E-state index in [4.69, 9.17) is 21.1 Å². The summed E-state index contributed by atoms with van der Waals surface area (Å²) in [6.45, 7) is 6.82. The van der Waals surface area contributed by atoms with Crippen LogP contribution in [0.4, 0.5) is 0 Å². The van der Waals surface area contributed by atoms with E-state index in [-0.39, 0.29) is 18.1 Å². The number of nitrogens with zero attached hydrogens (tertiary/aromatic N) is 2. The minimum atomic E-state index is -0.741. The largest absolute Gasteiger partial charge is 0.507 e. The first-order chi connectivity index (χ1) is 15.4. The second kappa shape index (κ2) is 9.22. The van der Waals surface area contributed by atoms with Gasteiger partial charge in [0.25, 0.3) is 11.7 Å². The summed E-state index contributed by atoms with van der Waals surface area (Å²) < 4.78 is 10.7. The maximum Gasteiger partial charge on any atom is 0.295 e. The van der Waals surface area contributed by atoms with E-state index in [0.717, 1.165) is 13.1 Å². The molecule has 2 aromatic carbocycles. The van der Waals surface area contributed by atoms with Gasteiger partial charge in [-0.15, -0.1) is 0 Å². The maximum absolute atomic E-state index is 13.1. The average Bonchev–Trinajstić information content (AvgIpc) is 3.36. The van der Waals surface area contributed by atoms with Crippen LogP contribution in [0.2, 0.25) is 5.02 Å². The van der Waals surface area contributed by atoms with Gasteiger partial charge in [0.1, 0.15) is 5.76 Å². The van der Waals surface area contributed by atoms with Gasteiger partial charge in [-0.2, -0.15) is 0 Å². The van der Waals surface area contributed by atoms with Gasteiger partial charge in [-0.25, -0.2) is 0 Å². The molecule has 8 heteroatoms. The number of carbonyl (C=O) groups is 2. The smallest absolute Gasteiger partial charge is 0.295 e. The number of rotatable bonds is 7. The molecule has 32 heavy (non-hydrogen) atoms. The fourth-order valence-corrected chi connectivity index (χ4v) is 4.32. The number of likely N-dealkylation sites (tertiary alicyclic amines) is 1. The number of ketones is 1. The highest BCUT2D eigenvalue weighted by Crippen LogP contribution is 2.41. The standard InChI is InChI=1S/C24H25ClN2O5/c1-3-26(4-2)10-11-27-21(15-6-5-7-17(25)12-15)20(23(29)24(27)30)22(28)16-8-9-18-19(13-16)32-14-31-18/h5-9,12-13,21,28H,3-4,10-11,14H2,1-2H3. The SMILES string of the molecule is CCN(CC)CCN1C(=O)C(=O)C(=C(O)c2ccc3c(c2)OCO3)C1c1cccc(Cl)c1. The lowest BCUT2D eigenvalue weighted by atomic mass is 9.95. The van der Waals surface area contributed by atoms with Gasteiger partial charge in [-0.1, -0.05) is 37.6 Å². The van der Waals surface area contributed by atoms with Gasteiger partial charge < -0.3 is 24.4 Å². The molecule has 2 heterocycles. The van der Waals surface area contributed by atoms with E-state index in [2.05, 4.69) is 4.90 Å². The van der Waals surface area contributed by atoms with Crippen LogP contribution in [0.3, 0.4) is 0 Å². The number of likely N-dealkylation sites (N-methyl/N-ethyl adjacent to an activating group) is 1. The van der Waals surface area contributed by atoms with Crippen LogP contribution in [-0.4, -0.2) is 59.6 Å². The van der Waals surface area contributed by atoms with E-state index >= 15 is 0 Å². The fourth-order valence-electron chi connectivity index (χ4n) is 4.12. The van der Waals surface area contributed by atoms with Crippen LogP contribution in [0.5, 0.6) is 11.5 Å². The molecule has 7 nitrogen and oxygen atoms in total. The molecular weight excluding hydrogens is 432 g/mol. The lowest BCUT2D eigenvalue weighted by Crippen LogP contribution is -2.38. The third-order valence-electron chi connectivity index (χ3n) is 5.90. The third-order valence-corrected chi connectivity index (χ3v) is 6.14. The van der Waals surface area contributed by atoms with E-state index in [1.807, 2.05) is 13.8 Å². The van der Waals surface area contributed by atoms with Gasteiger partial charge in [0.05, 0.1) is 11.6 Å². The molecule has 0 saturated carbocycles. The number of hydrogen-bond acceptors (Lipinski definition) is 6. The highest BCUT2D eigenvalue weighted by atomic mass is 35.5. The lowest BCUT2D eigenvalue weighted by Gasteiger charge is -2.28. The number of halogens is 1. The third kappa shape index (κ3) is 4.06. The van der Waals surface area contributed by atoms with E-state index in [9.17, 15) is 14.7 Å². The van der Waals surface area contributed by atoms with Crippen molar-refractivity contribution in [3.63, 3.8) is 0 Å². The first-order valence-electron chi connectivity index (χ1n) is 10.6. The highest BCUT2D eigenvalue weighted by Gasteiger charge is 2.46. The number of benzene rings is 2. The number of aliphatic hydroxyl groups excluding tert-OH is 1. The Bertz CT molecular complexity index is 1080.